The minimum atomic E-state index is 0.876. The Morgan fingerprint density at radius 1 is 0.590 bits per heavy atom. The first-order valence-electron chi connectivity index (χ1n) is 14.7. The van der Waals surface area contributed by atoms with E-state index in [2.05, 4.69) is 89.3 Å². The first-order chi connectivity index (χ1) is 19.3. The summed E-state index contributed by atoms with van der Waals surface area (Å²) >= 11 is 0. The number of nitrogens with zero attached hydrogens (tertiary/aromatic N) is 1. The fraction of sp³-hybridized carbons (Fsp3) is 0.361. The number of nitrogens with one attached hydrogen (secondary N) is 2. The number of allylic oxidation sites excluding steroid dienone is 10. The monoisotopic (exact) mass is 529 g/mol. The smallest absolute Gasteiger partial charge is 0.0440 e. The number of para-hydroxylation sites is 1. The van der Waals surface area contributed by atoms with Gasteiger partial charge in [-0.05, 0) is 68.9 Å². The van der Waals surface area contributed by atoms with E-state index in [1.54, 1.807) is 6.20 Å². The number of pyridine rings is 1. The number of rotatable bonds is 14. The second-order valence-corrected chi connectivity index (χ2v) is 7.69. The van der Waals surface area contributed by atoms with Crippen LogP contribution in [0.5, 0.6) is 0 Å². The minimum Gasteiger partial charge on any atom is -0.381 e. The summed E-state index contributed by atoms with van der Waals surface area (Å²) < 4.78 is 0. The highest BCUT2D eigenvalue weighted by molar-refractivity contribution is 5.51. The molecule has 0 unspecified atom stereocenters. The fourth-order valence-corrected chi connectivity index (χ4v) is 3.02. The molecule has 1 aromatic heterocycles. The van der Waals surface area contributed by atoms with Gasteiger partial charge in [-0.15, -0.1) is 0 Å². The second-order valence-electron chi connectivity index (χ2n) is 7.69. The Kier molecular flexibility index (Phi) is 29.5. The number of benzene rings is 1. The van der Waals surface area contributed by atoms with Gasteiger partial charge in [0, 0.05) is 36.5 Å². The normalized spacial score (nSPS) is 11.0. The van der Waals surface area contributed by atoms with Crippen LogP contribution in [-0.4, -0.2) is 11.5 Å². The van der Waals surface area contributed by atoms with Crippen LogP contribution < -0.4 is 10.6 Å². The van der Waals surface area contributed by atoms with Crippen molar-refractivity contribution >= 4 is 11.4 Å². The van der Waals surface area contributed by atoms with E-state index in [0.717, 1.165) is 43.5 Å². The zero-order valence-corrected chi connectivity index (χ0v) is 26.0. The first-order valence-corrected chi connectivity index (χ1v) is 14.7. The molecule has 214 valence electrons. The van der Waals surface area contributed by atoms with Crippen molar-refractivity contribution in [1.82, 2.24) is 4.98 Å². The molecule has 0 aliphatic rings. The largest absolute Gasteiger partial charge is 0.381 e. The maximum atomic E-state index is 4.08. The Morgan fingerprint density at radius 3 is 1.79 bits per heavy atom. The van der Waals surface area contributed by atoms with Crippen molar-refractivity contribution < 1.29 is 0 Å². The summed E-state index contributed by atoms with van der Waals surface area (Å²) in [6, 6.07) is 10.3. The van der Waals surface area contributed by atoms with Crippen LogP contribution in [0.15, 0.2) is 116 Å². The molecule has 0 spiro atoms. The number of aromatic nitrogens is 1. The van der Waals surface area contributed by atoms with Gasteiger partial charge in [-0.1, -0.05) is 121 Å². The van der Waals surface area contributed by atoms with Crippen molar-refractivity contribution in [3.8, 4) is 0 Å². The lowest BCUT2D eigenvalue weighted by molar-refractivity contribution is 1.00. The fourth-order valence-electron chi connectivity index (χ4n) is 3.02. The third kappa shape index (κ3) is 22.1. The number of hydrogen-bond acceptors (Lipinski definition) is 3. The number of hydrogen-bond donors (Lipinski definition) is 2. The molecule has 2 rings (SSSR count). The zero-order valence-electron chi connectivity index (χ0n) is 26.0. The lowest BCUT2D eigenvalue weighted by atomic mass is 10.2. The van der Waals surface area contributed by atoms with Gasteiger partial charge in [0.2, 0.25) is 0 Å². The summed E-state index contributed by atoms with van der Waals surface area (Å²) in [5, 5.41) is 6.69. The van der Waals surface area contributed by atoms with E-state index in [9.17, 15) is 0 Å². The molecule has 0 fully saturated rings. The van der Waals surface area contributed by atoms with E-state index >= 15 is 0 Å². The molecule has 0 amide bonds. The molecule has 3 nitrogen and oxygen atoms in total. The van der Waals surface area contributed by atoms with E-state index < -0.39 is 0 Å². The molecule has 0 saturated carbocycles. The first kappa shape index (κ1) is 37.6. The molecule has 39 heavy (non-hydrogen) atoms. The molecule has 1 aromatic carbocycles. The predicted octanol–water partition coefficient (Wildman–Crippen LogP) is 11.2. The molecule has 2 N–H and O–H groups in total. The Labute approximate surface area is 241 Å². The minimum absolute atomic E-state index is 0.876. The molecule has 2 aromatic rings. The average Bonchev–Trinajstić information content (AvgIpc) is 2.99. The van der Waals surface area contributed by atoms with Gasteiger partial charge < -0.3 is 10.6 Å². The quantitative estimate of drug-likeness (QED) is 0.145. The number of aryl methyl sites for hydroxylation is 2. The third-order valence-corrected chi connectivity index (χ3v) is 4.94. The van der Waals surface area contributed by atoms with Crippen molar-refractivity contribution in [1.29, 1.82) is 0 Å². The number of anilines is 2. The highest BCUT2D eigenvalue weighted by atomic mass is 14.9. The summed E-state index contributed by atoms with van der Waals surface area (Å²) in [7, 11) is 0. The number of unbranched alkanes of at least 4 members (excludes halogenated alkanes) is 2. The summed E-state index contributed by atoms with van der Waals surface area (Å²) in [5.41, 5.74) is 4.70. The van der Waals surface area contributed by atoms with Gasteiger partial charge in [-0.3, -0.25) is 4.98 Å². The summed E-state index contributed by atoms with van der Waals surface area (Å²) in [4.78, 5) is 4.08. The molecule has 3 heteroatoms. The molecule has 0 radical (unpaired) electrons. The van der Waals surface area contributed by atoms with Crippen molar-refractivity contribution in [3.63, 3.8) is 0 Å². The van der Waals surface area contributed by atoms with Gasteiger partial charge in [-0.2, -0.15) is 0 Å². The van der Waals surface area contributed by atoms with Gasteiger partial charge in [0.15, 0.2) is 0 Å². The molecule has 0 aliphatic carbocycles. The maximum absolute atomic E-state index is 4.08. The third-order valence-electron chi connectivity index (χ3n) is 4.94. The molecular weight excluding hydrogens is 474 g/mol. The van der Waals surface area contributed by atoms with Crippen molar-refractivity contribution in [2.45, 2.75) is 81.1 Å². The van der Waals surface area contributed by atoms with Gasteiger partial charge in [0.25, 0.3) is 0 Å². The van der Waals surface area contributed by atoms with Crippen LogP contribution in [-0.2, 0) is 0 Å². The van der Waals surface area contributed by atoms with Crippen LogP contribution in [0, 0.1) is 13.8 Å². The van der Waals surface area contributed by atoms with Crippen LogP contribution in [0.1, 0.15) is 78.4 Å². The average molecular weight is 530 g/mol. The Morgan fingerprint density at radius 2 is 1.15 bits per heavy atom. The standard InChI is InChI=1S/C30H37N3.3C2H6/c1-27-20-16-17-21-29(27)32-23-18-14-12-10-8-6-4-3-5-7-9-11-13-15-19-24-33-30-22-25-31-26-28(30)2;3*1-2/h5-9,11,13-22,24-26,32H,3-4,10,12,23H2,1-2H3,(H,31,33);3*1-2H3/b7-5+,8-6-,11-9+,15-13+,18-14-,24-19+;;;. The highest BCUT2D eigenvalue weighted by Crippen LogP contribution is 2.12. The molecule has 0 aliphatic heterocycles. The molecule has 0 atom stereocenters. The van der Waals surface area contributed by atoms with E-state index in [0.29, 0.717) is 0 Å². The van der Waals surface area contributed by atoms with E-state index in [1.165, 1.54) is 11.3 Å². The van der Waals surface area contributed by atoms with Gasteiger partial charge in [0.1, 0.15) is 0 Å². The van der Waals surface area contributed by atoms with Crippen LogP contribution in [0.2, 0.25) is 0 Å². The van der Waals surface area contributed by atoms with Crippen molar-refractivity contribution in [2.75, 3.05) is 17.2 Å². The Bertz CT molecular complexity index is 978. The maximum Gasteiger partial charge on any atom is 0.0440 e. The summed E-state index contributed by atoms with van der Waals surface area (Å²) in [5.74, 6) is 0. The Hall–Kier alpha value is -3.59. The molecule has 1 heterocycles. The Balaban J connectivity index is 0. The van der Waals surface area contributed by atoms with Crippen molar-refractivity contribution in [2.24, 2.45) is 0 Å². The summed E-state index contributed by atoms with van der Waals surface area (Å²) in [6.45, 7) is 17.0. The molecule has 0 bridgehead atoms. The SMILES string of the molecule is CC.CC.CC.Cc1cnccc1N/C=C/C=C/C=C/C=C/CC/C=C\CC/C=C\CNc1ccccc1C. The van der Waals surface area contributed by atoms with Crippen LogP contribution in [0.3, 0.4) is 0 Å². The van der Waals surface area contributed by atoms with E-state index in [4.69, 9.17) is 0 Å². The van der Waals surface area contributed by atoms with Crippen LogP contribution >= 0.6 is 0 Å². The topological polar surface area (TPSA) is 37.0 Å². The van der Waals surface area contributed by atoms with Gasteiger partial charge in [-0.25, -0.2) is 0 Å². The van der Waals surface area contributed by atoms with Crippen LogP contribution in [0.4, 0.5) is 11.4 Å². The van der Waals surface area contributed by atoms with Crippen LogP contribution in [0.25, 0.3) is 0 Å². The second kappa shape index (κ2) is 30.6. The predicted molar refractivity (Wildman–Crippen MR) is 180 cm³/mol. The van der Waals surface area contributed by atoms with E-state index in [-0.39, 0.29) is 0 Å². The lowest BCUT2D eigenvalue weighted by Gasteiger charge is -2.06. The summed E-state index contributed by atoms with van der Waals surface area (Å²) in [6.07, 6.45) is 33.3. The highest BCUT2D eigenvalue weighted by Gasteiger charge is 1.93. The molecular formula is C36H55N3. The van der Waals surface area contributed by atoms with E-state index in [1.807, 2.05) is 91.2 Å². The molecule has 0 saturated heterocycles. The van der Waals surface area contributed by atoms with Crippen molar-refractivity contribution in [3.05, 3.63) is 127 Å². The lowest BCUT2D eigenvalue weighted by Crippen LogP contribution is -1.99. The van der Waals surface area contributed by atoms with Gasteiger partial charge >= 0.3 is 0 Å². The zero-order chi connectivity index (χ0) is 29.4. The van der Waals surface area contributed by atoms with Gasteiger partial charge in [0.05, 0.1) is 0 Å².